The second-order valence-corrected chi connectivity index (χ2v) is 23.8. The van der Waals surface area contributed by atoms with Crippen molar-refractivity contribution < 1.29 is 96.6 Å². The van der Waals surface area contributed by atoms with Gasteiger partial charge in [-0.2, -0.15) is 0 Å². The van der Waals surface area contributed by atoms with E-state index in [0.717, 1.165) is 0 Å². The van der Waals surface area contributed by atoms with Gasteiger partial charge in [-0.3, -0.25) is 19.2 Å². The van der Waals surface area contributed by atoms with Crippen LogP contribution in [0.2, 0.25) is 0 Å². The SMILES string of the molecule is CC[C@@]1(O)C(=O)OCc2c1cc1n(c2=O)Cc2c-1nc1cc(F)c(C)c3c1c2[C@@H](NC(=O)OCc1ccc(O[C@@H]2O[C@H](C(=O)O)[C@@H](O)[C@H](O)[C@H]2O)c(CNC(=O)CCNC(=O)[C@@H](N)CCCC(=O)N[C@H]2CO[C@H]4[C@@H]2OC[C@@H]4NC(=O)OC(C)(C)C)c1)CC3. The molecule has 12 N–H and O–H groups in total. The first-order valence-electron chi connectivity index (χ1n) is 29.0. The van der Waals surface area contributed by atoms with Gasteiger partial charge in [-0.25, -0.2) is 28.6 Å². The molecule has 1 aliphatic carbocycles. The topological polar surface area (TPSA) is 406 Å². The first kappa shape index (κ1) is 63.1. The van der Waals surface area contributed by atoms with Crippen molar-refractivity contribution in [2.24, 2.45) is 5.73 Å². The zero-order valence-corrected chi connectivity index (χ0v) is 48.8. The number of carboxylic acid groups (broad SMARTS) is 1. The number of nitrogens with two attached hydrogens (primary N) is 1. The number of nitrogens with zero attached hydrogens (tertiary/aromatic N) is 2. The Labute approximate surface area is 501 Å². The summed E-state index contributed by atoms with van der Waals surface area (Å²) in [6.07, 6.45) is -11.6. The molecular weight excluding hydrogens is 1160 g/mol. The number of hydrogen-bond donors (Lipinski definition) is 11. The number of ether oxygens (including phenoxy) is 7. The average molecular weight is 1230 g/mol. The van der Waals surface area contributed by atoms with Gasteiger partial charge in [-0.05, 0) is 100 Å². The molecule has 2 aromatic carbocycles. The molecule has 12 atom stereocenters. The quantitative estimate of drug-likeness (QED) is 0.0396. The summed E-state index contributed by atoms with van der Waals surface area (Å²) in [6, 6.07) is 4.41. The normalized spacial score (nSPS) is 26.1. The number of rotatable bonds is 19. The van der Waals surface area contributed by atoms with Gasteiger partial charge in [-0.1, -0.05) is 13.0 Å². The van der Waals surface area contributed by atoms with Crippen LogP contribution in [0.1, 0.15) is 117 Å². The number of fused-ring (bicyclic) bond motifs is 6. The van der Waals surface area contributed by atoms with Crippen molar-refractivity contribution >= 4 is 52.7 Å². The van der Waals surface area contributed by atoms with Crippen LogP contribution >= 0.6 is 0 Å². The number of aliphatic hydroxyl groups excluding tert-OH is 3. The number of carbonyl (C=O) groups excluding carboxylic acids is 6. The van der Waals surface area contributed by atoms with Crippen molar-refractivity contribution in [1.29, 1.82) is 0 Å². The molecule has 3 fully saturated rings. The molecule has 3 saturated heterocycles. The number of cyclic esters (lactones) is 1. The molecule has 0 unspecified atom stereocenters. The Balaban J connectivity index is 0.764. The molecule has 7 heterocycles. The zero-order valence-electron chi connectivity index (χ0n) is 48.8. The van der Waals surface area contributed by atoms with Gasteiger partial charge in [0.25, 0.3) is 5.56 Å². The third-order valence-electron chi connectivity index (χ3n) is 16.7. The van der Waals surface area contributed by atoms with Crippen molar-refractivity contribution in [3.8, 4) is 17.1 Å². The van der Waals surface area contributed by atoms with Gasteiger partial charge < -0.3 is 95.6 Å². The summed E-state index contributed by atoms with van der Waals surface area (Å²) in [4.78, 5) is 109. The predicted octanol–water partition coefficient (Wildman–Crippen LogP) is 0.508. The number of aliphatic hydroxyl groups is 4. The lowest BCUT2D eigenvalue weighted by atomic mass is 9.81. The Morgan fingerprint density at radius 2 is 1.64 bits per heavy atom. The molecule has 6 aliphatic rings. The maximum absolute atomic E-state index is 15.6. The summed E-state index contributed by atoms with van der Waals surface area (Å²) < 4.78 is 56.2. The number of aryl methyl sites for hydroxylation is 1. The second kappa shape index (κ2) is 25.3. The number of hydrogen-bond acceptors (Lipinski definition) is 21. The fourth-order valence-electron chi connectivity index (χ4n) is 12.1. The molecular formula is C59H71FN8O20. The lowest BCUT2D eigenvalue weighted by Gasteiger charge is -2.38. The minimum absolute atomic E-state index is 0.00600. The summed E-state index contributed by atoms with van der Waals surface area (Å²) in [5.74, 6) is -4.61. The van der Waals surface area contributed by atoms with Gasteiger partial charge in [-0.15, -0.1) is 0 Å². The number of aromatic nitrogens is 2. The molecule has 474 valence electrons. The highest BCUT2D eigenvalue weighted by Gasteiger charge is 2.51. The Hall–Kier alpha value is -7.90. The average Bonchev–Trinajstić information content (AvgIpc) is 1.55. The second-order valence-electron chi connectivity index (χ2n) is 23.8. The summed E-state index contributed by atoms with van der Waals surface area (Å²) in [7, 11) is 0. The summed E-state index contributed by atoms with van der Waals surface area (Å²) >= 11 is 0. The molecule has 4 aromatic rings. The minimum Gasteiger partial charge on any atom is -0.479 e. The van der Waals surface area contributed by atoms with Crippen LogP contribution in [0.25, 0.3) is 22.3 Å². The van der Waals surface area contributed by atoms with E-state index in [0.29, 0.717) is 45.3 Å². The van der Waals surface area contributed by atoms with E-state index in [9.17, 15) is 63.9 Å². The Morgan fingerprint density at radius 1 is 0.909 bits per heavy atom. The molecule has 10 rings (SSSR count). The monoisotopic (exact) mass is 1230 g/mol. The van der Waals surface area contributed by atoms with E-state index in [-0.39, 0.29) is 124 Å². The standard InChI is InChI=1S/C59H71FN8O20/c1-6-59(81)31-17-38-44-29(20-68(38)52(75)30(31)22-84-55(59)78)43-34(12-11-28-25(2)32(60)18-35(65-44)42(28)43)66-56(79)85-21-26-10-13-39(86-54-47(73)45(71)46(72)50(87-54)53(76)77)27(16-26)19-63-40(69)14-15-62-51(74)33(61)8-7-9-41(70)64-36-23-82-49-37(24-83-48(36)49)67-57(80)88-58(3,4)5/h10,13,16-18,33-34,36-37,45-50,54,71-73,81H,6-9,11-12,14-15,19-24,61H2,1-5H3,(H,62,74)(H,63,69)(H,64,70)(H,66,79)(H,67,80)(H,76,77)/t33-,34-,36-,37-,45-,46-,47+,48+,49+,50-,54+,59-/m0/s1. The van der Waals surface area contributed by atoms with Crippen LogP contribution in [0.15, 0.2) is 35.1 Å². The molecule has 5 aliphatic heterocycles. The van der Waals surface area contributed by atoms with Crippen molar-refractivity contribution in [2.75, 3.05) is 19.8 Å². The number of benzene rings is 2. The molecule has 0 bridgehead atoms. The number of carboxylic acids is 1. The number of pyridine rings is 2. The van der Waals surface area contributed by atoms with Crippen LogP contribution in [-0.2, 0) is 90.7 Å². The molecule has 88 heavy (non-hydrogen) atoms. The van der Waals surface area contributed by atoms with Crippen LogP contribution in [0.4, 0.5) is 14.0 Å². The largest absolute Gasteiger partial charge is 0.479 e. The summed E-state index contributed by atoms with van der Waals surface area (Å²) in [5.41, 5.74) is 6.60. The lowest BCUT2D eigenvalue weighted by Crippen LogP contribution is -2.61. The van der Waals surface area contributed by atoms with Gasteiger partial charge in [0.15, 0.2) is 11.7 Å². The summed E-state index contributed by atoms with van der Waals surface area (Å²) in [5, 5.41) is 67.2. The van der Waals surface area contributed by atoms with Crippen LogP contribution in [0, 0.1) is 12.7 Å². The third-order valence-corrected chi connectivity index (χ3v) is 16.7. The zero-order chi connectivity index (χ0) is 63.3. The molecule has 5 amide bonds. The van der Waals surface area contributed by atoms with E-state index in [2.05, 4.69) is 26.6 Å². The number of esters is 1. The van der Waals surface area contributed by atoms with E-state index in [4.69, 9.17) is 43.9 Å². The first-order chi connectivity index (χ1) is 41.7. The highest BCUT2D eigenvalue weighted by Crippen LogP contribution is 2.46. The van der Waals surface area contributed by atoms with Gasteiger partial charge in [0.05, 0.1) is 66.4 Å². The Kier molecular flexibility index (Phi) is 18.1. The van der Waals surface area contributed by atoms with Crippen LogP contribution in [0.3, 0.4) is 0 Å². The van der Waals surface area contributed by atoms with Crippen LogP contribution in [0.5, 0.6) is 5.75 Å². The smallest absolute Gasteiger partial charge is 0.408 e. The van der Waals surface area contributed by atoms with Gasteiger partial charge in [0.2, 0.25) is 24.0 Å². The highest BCUT2D eigenvalue weighted by molar-refractivity contribution is 5.94. The number of amides is 5. The first-order valence-corrected chi connectivity index (χ1v) is 29.0. The van der Waals surface area contributed by atoms with E-state index < -0.39 is 126 Å². The number of aliphatic carboxylic acids is 1. The van der Waals surface area contributed by atoms with E-state index in [1.54, 1.807) is 34.6 Å². The molecule has 0 saturated carbocycles. The van der Waals surface area contributed by atoms with E-state index in [1.807, 2.05) is 0 Å². The van der Waals surface area contributed by atoms with Crippen molar-refractivity contribution in [2.45, 2.75) is 184 Å². The molecule has 29 heteroatoms. The van der Waals surface area contributed by atoms with E-state index in [1.165, 1.54) is 34.9 Å². The Morgan fingerprint density at radius 3 is 2.34 bits per heavy atom. The number of halogens is 1. The third kappa shape index (κ3) is 12.7. The number of alkyl carbamates (subject to hydrolysis) is 2. The number of carbonyl (C=O) groups is 7. The number of nitrogens with one attached hydrogen (secondary N) is 5. The van der Waals surface area contributed by atoms with Gasteiger partial charge >= 0.3 is 24.1 Å². The molecule has 2 aromatic heterocycles. The van der Waals surface area contributed by atoms with Gasteiger partial charge in [0, 0.05) is 54.1 Å². The van der Waals surface area contributed by atoms with Crippen LogP contribution in [-0.4, -0.2) is 163 Å². The van der Waals surface area contributed by atoms with Gasteiger partial charge in [0.1, 0.15) is 60.9 Å². The van der Waals surface area contributed by atoms with Crippen molar-refractivity contribution in [3.05, 3.63) is 91.0 Å². The minimum atomic E-state index is -2.10. The van der Waals surface area contributed by atoms with Crippen LogP contribution < -0.4 is 42.6 Å². The van der Waals surface area contributed by atoms with Crippen molar-refractivity contribution in [3.63, 3.8) is 0 Å². The molecule has 28 nitrogen and oxygen atoms in total. The fraction of sp³-hybridized carbons (Fsp3) is 0.542. The highest BCUT2D eigenvalue weighted by atomic mass is 19.1. The maximum Gasteiger partial charge on any atom is 0.408 e. The fourth-order valence-corrected chi connectivity index (χ4v) is 12.1. The van der Waals surface area contributed by atoms with Crippen molar-refractivity contribution in [1.82, 2.24) is 36.1 Å². The summed E-state index contributed by atoms with van der Waals surface area (Å²) in [6.45, 7) is 7.61. The predicted molar refractivity (Wildman–Crippen MR) is 301 cm³/mol. The molecule has 0 radical (unpaired) electrons. The Bertz CT molecular complexity index is 3520. The molecule has 0 spiro atoms. The lowest BCUT2D eigenvalue weighted by molar-refractivity contribution is -0.271. The maximum atomic E-state index is 15.6. The van der Waals surface area contributed by atoms with E-state index >= 15 is 4.39 Å².